The predicted molar refractivity (Wildman–Crippen MR) is 69.2 cm³/mol. The summed E-state index contributed by atoms with van der Waals surface area (Å²) in [6.45, 7) is 4.62. The fourth-order valence-electron chi connectivity index (χ4n) is 1.59. The minimum Gasteiger partial charge on any atom is -0.496 e. The van der Waals surface area contributed by atoms with Crippen molar-refractivity contribution >= 4 is 5.91 Å². The number of benzene rings is 1. The molecule has 0 fully saturated rings. The minimum absolute atomic E-state index is 0.0904. The number of carbonyl (C=O) groups excluding carboxylic acids is 1. The van der Waals surface area contributed by atoms with Gasteiger partial charge in [0, 0.05) is 12.5 Å². The summed E-state index contributed by atoms with van der Waals surface area (Å²) < 4.78 is 5.26. The van der Waals surface area contributed by atoms with E-state index in [1.54, 1.807) is 7.11 Å². The zero-order valence-electron chi connectivity index (χ0n) is 10.8. The highest BCUT2D eigenvalue weighted by Gasteiger charge is 2.09. The van der Waals surface area contributed by atoms with Gasteiger partial charge in [0.2, 0.25) is 5.91 Å². The van der Waals surface area contributed by atoms with Crippen molar-refractivity contribution in [3.05, 3.63) is 29.8 Å². The molecule has 0 bridgehead atoms. The van der Waals surface area contributed by atoms with Crippen LogP contribution in [0.25, 0.3) is 0 Å². The standard InChI is InChI=1S/C14H21NO2/c1-4-11(2)14(16)15-10-9-12-7-5-6-8-13(12)17-3/h5-8,11H,4,9-10H2,1-3H3,(H,15,16). The van der Waals surface area contributed by atoms with Crippen molar-refractivity contribution < 1.29 is 9.53 Å². The van der Waals surface area contributed by atoms with E-state index < -0.39 is 0 Å². The highest BCUT2D eigenvalue weighted by atomic mass is 16.5. The Hall–Kier alpha value is -1.51. The fraction of sp³-hybridized carbons (Fsp3) is 0.500. The number of methoxy groups -OCH3 is 1. The summed E-state index contributed by atoms with van der Waals surface area (Å²) in [4.78, 5) is 11.6. The maximum atomic E-state index is 11.6. The van der Waals surface area contributed by atoms with Crippen LogP contribution < -0.4 is 10.1 Å². The van der Waals surface area contributed by atoms with Crippen molar-refractivity contribution in [2.75, 3.05) is 13.7 Å². The summed E-state index contributed by atoms with van der Waals surface area (Å²) in [6, 6.07) is 7.88. The molecule has 0 aliphatic carbocycles. The second-order valence-corrected chi connectivity index (χ2v) is 4.16. The van der Waals surface area contributed by atoms with Crippen LogP contribution in [0.5, 0.6) is 5.75 Å². The molecule has 1 N–H and O–H groups in total. The normalized spacial score (nSPS) is 11.9. The molecule has 1 amide bonds. The number of hydrogen-bond donors (Lipinski definition) is 1. The number of hydrogen-bond acceptors (Lipinski definition) is 2. The molecule has 1 unspecified atom stereocenters. The van der Waals surface area contributed by atoms with Crippen molar-refractivity contribution in [1.29, 1.82) is 0 Å². The molecule has 1 rings (SSSR count). The first-order chi connectivity index (χ1) is 8.19. The average molecular weight is 235 g/mol. The molecule has 94 valence electrons. The van der Waals surface area contributed by atoms with Crippen LogP contribution in [0, 0.1) is 5.92 Å². The van der Waals surface area contributed by atoms with Crippen molar-refractivity contribution in [1.82, 2.24) is 5.32 Å². The summed E-state index contributed by atoms with van der Waals surface area (Å²) in [5, 5.41) is 2.94. The lowest BCUT2D eigenvalue weighted by molar-refractivity contribution is -0.124. The Morgan fingerprint density at radius 2 is 2.12 bits per heavy atom. The molecule has 0 aliphatic heterocycles. The molecule has 0 aliphatic rings. The molecular formula is C14H21NO2. The van der Waals surface area contributed by atoms with Crippen molar-refractivity contribution in [2.24, 2.45) is 5.92 Å². The second-order valence-electron chi connectivity index (χ2n) is 4.16. The summed E-state index contributed by atoms with van der Waals surface area (Å²) in [5.41, 5.74) is 1.12. The van der Waals surface area contributed by atoms with Gasteiger partial charge in [0.25, 0.3) is 0 Å². The first-order valence-corrected chi connectivity index (χ1v) is 6.08. The molecular weight excluding hydrogens is 214 g/mol. The van der Waals surface area contributed by atoms with Gasteiger partial charge in [-0.3, -0.25) is 4.79 Å². The van der Waals surface area contributed by atoms with E-state index in [1.807, 2.05) is 38.1 Å². The molecule has 1 aromatic carbocycles. The molecule has 17 heavy (non-hydrogen) atoms. The number of amides is 1. The number of ether oxygens (including phenoxy) is 1. The van der Waals surface area contributed by atoms with Crippen LogP contribution in [0.1, 0.15) is 25.8 Å². The summed E-state index contributed by atoms with van der Waals surface area (Å²) in [5.74, 6) is 1.10. The Morgan fingerprint density at radius 1 is 1.41 bits per heavy atom. The Kier molecular flexibility index (Phi) is 5.53. The van der Waals surface area contributed by atoms with Gasteiger partial charge in [0.15, 0.2) is 0 Å². The smallest absolute Gasteiger partial charge is 0.222 e. The van der Waals surface area contributed by atoms with Crippen LogP contribution in [0.15, 0.2) is 24.3 Å². The number of para-hydroxylation sites is 1. The molecule has 0 saturated carbocycles. The van der Waals surface area contributed by atoms with E-state index >= 15 is 0 Å². The van der Waals surface area contributed by atoms with Crippen molar-refractivity contribution in [3.8, 4) is 5.75 Å². The third-order valence-corrected chi connectivity index (χ3v) is 2.95. The summed E-state index contributed by atoms with van der Waals surface area (Å²) >= 11 is 0. The van der Waals surface area contributed by atoms with Gasteiger partial charge in [0.1, 0.15) is 5.75 Å². The van der Waals surface area contributed by atoms with Gasteiger partial charge in [0.05, 0.1) is 7.11 Å². The van der Waals surface area contributed by atoms with Gasteiger partial charge in [-0.05, 0) is 24.5 Å². The van der Waals surface area contributed by atoms with Gasteiger partial charge < -0.3 is 10.1 Å². The molecule has 1 aromatic rings. The zero-order chi connectivity index (χ0) is 12.7. The Bertz CT molecular complexity index is 363. The molecule has 0 aromatic heterocycles. The van der Waals surface area contributed by atoms with Crippen molar-refractivity contribution in [3.63, 3.8) is 0 Å². The quantitative estimate of drug-likeness (QED) is 0.822. The van der Waals surface area contributed by atoms with Crippen LogP contribution in [0.3, 0.4) is 0 Å². The van der Waals surface area contributed by atoms with Gasteiger partial charge in [-0.15, -0.1) is 0 Å². The summed E-state index contributed by atoms with van der Waals surface area (Å²) in [6.07, 6.45) is 1.67. The average Bonchev–Trinajstić information content (AvgIpc) is 2.38. The Labute approximate surface area is 103 Å². The summed E-state index contributed by atoms with van der Waals surface area (Å²) in [7, 11) is 1.66. The first kappa shape index (κ1) is 13.6. The molecule has 0 radical (unpaired) electrons. The third-order valence-electron chi connectivity index (χ3n) is 2.95. The Balaban J connectivity index is 2.43. The molecule has 1 atom stereocenters. The van der Waals surface area contributed by atoms with E-state index in [0.717, 1.165) is 24.2 Å². The highest BCUT2D eigenvalue weighted by Crippen LogP contribution is 2.17. The van der Waals surface area contributed by atoms with E-state index in [2.05, 4.69) is 5.32 Å². The molecule has 0 saturated heterocycles. The predicted octanol–water partition coefficient (Wildman–Crippen LogP) is 2.40. The molecule has 3 heteroatoms. The topological polar surface area (TPSA) is 38.3 Å². The monoisotopic (exact) mass is 235 g/mol. The molecule has 0 spiro atoms. The van der Waals surface area contributed by atoms with Crippen LogP contribution in [0.4, 0.5) is 0 Å². The lowest BCUT2D eigenvalue weighted by Gasteiger charge is -2.11. The van der Waals surface area contributed by atoms with E-state index in [0.29, 0.717) is 6.54 Å². The largest absolute Gasteiger partial charge is 0.496 e. The number of rotatable bonds is 6. The van der Waals surface area contributed by atoms with E-state index in [1.165, 1.54) is 0 Å². The van der Waals surface area contributed by atoms with Gasteiger partial charge in [-0.25, -0.2) is 0 Å². The number of nitrogens with one attached hydrogen (secondary N) is 1. The lowest BCUT2D eigenvalue weighted by Crippen LogP contribution is -2.30. The van der Waals surface area contributed by atoms with Crippen molar-refractivity contribution in [2.45, 2.75) is 26.7 Å². The lowest BCUT2D eigenvalue weighted by atomic mass is 10.1. The highest BCUT2D eigenvalue weighted by molar-refractivity contribution is 5.78. The van der Waals surface area contributed by atoms with Gasteiger partial charge >= 0.3 is 0 Å². The Morgan fingerprint density at radius 3 is 2.76 bits per heavy atom. The first-order valence-electron chi connectivity index (χ1n) is 6.08. The van der Waals surface area contributed by atoms with E-state index in [-0.39, 0.29) is 11.8 Å². The van der Waals surface area contributed by atoms with Gasteiger partial charge in [-0.1, -0.05) is 32.0 Å². The van der Waals surface area contributed by atoms with E-state index in [9.17, 15) is 4.79 Å². The SMILES string of the molecule is CCC(C)C(=O)NCCc1ccccc1OC. The van der Waals surface area contributed by atoms with Crippen LogP contribution in [0.2, 0.25) is 0 Å². The van der Waals surface area contributed by atoms with Crippen LogP contribution in [-0.4, -0.2) is 19.6 Å². The van der Waals surface area contributed by atoms with E-state index in [4.69, 9.17) is 4.74 Å². The van der Waals surface area contributed by atoms with Gasteiger partial charge in [-0.2, -0.15) is 0 Å². The van der Waals surface area contributed by atoms with Crippen LogP contribution >= 0.6 is 0 Å². The minimum atomic E-state index is 0.0904. The molecule has 0 heterocycles. The second kappa shape index (κ2) is 6.94. The molecule has 3 nitrogen and oxygen atoms in total. The number of carbonyl (C=O) groups is 1. The third kappa shape index (κ3) is 4.10. The fourth-order valence-corrected chi connectivity index (χ4v) is 1.59. The maximum absolute atomic E-state index is 11.6. The zero-order valence-corrected chi connectivity index (χ0v) is 10.8. The van der Waals surface area contributed by atoms with Crippen LogP contribution in [-0.2, 0) is 11.2 Å². The maximum Gasteiger partial charge on any atom is 0.222 e.